The van der Waals surface area contributed by atoms with E-state index < -0.39 is 0 Å². The van der Waals surface area contributed by atoms with Crippen molar-refractivity contribution >= 4 is 11.8 Å². The van der Waals surface area contributed by atoms with Gasteiger partial charge in [-0.3, -0.25) is 9.59 Å². The fraction of sp³-hybridized carbons (Fsp3) is 0.467. The number of amides is 2. The number of ether oxygens (including phenoxy) is 1. The number of benzene rings is 1. The first-order valence-corrected chi connectivity index (χ1v) is 6.87. The zero-order chi connectivity index (χ0) is 14.4. The third-order valence-corrected chi connectivity index (χ3v) is 3.42. The number of nitrogens with zero attached hydrogens (tertiary/aromatic N) is 1. The topological polar surface area (TPSA) is 58.6 Å². The number of piperidine rings is 1. The molecule has 5 nitrogen and oxygen atoms in total. The lowest BCUT2D eigenvalue weighted by Crippen LogP contribution is -2.42. The van der Waals surface area contributed by atoms with Gasteiger partial charge in [-0.2, -0.15) is 0 Å². The highest BCUT2D eigenvalue weighted by Crippen LogP contribution is 2.16. The summed E-state index contributed by atoms with van der Waals surface area (Å²) >= 11 is 0. The van der Waals surface area contributed by atoms with Gasteiger partial charge in [-0.05, 0) is 18.9 Å². The molecule has 1 saturated heterocycles. The van der Waals surface area contributed by atoms with Gasteiger partial charge in [0, 0.05) is 25.1 Å². The number of para-hydroxylation sites is 1. The predicted octanol–water partition coefficient (Wildman–Crippen LogP) is 1.32. The number of nitrogens with one attached hydrogen (secondary N) is 1. The van der Waals surface area contributed by atoms with Gasteiger partial charge in [-0.1, -0.05) is 18.2 Å². The van der Waals surface area contributed by atoms with Crippen LogP contribution in [0.15, 0.2) is 24.3 Å². The van der Waals surface area contributed by atoms with Crippen molar-refractivity contribution in [1.82, 2.24) is 10.2 Å². The highest BCUT2D eigenvalue weighted by molar-refractivity contribution is 5.85. The molecule has 0 aliphatic carbocycles. The second-order valence-corrected chi connectivity index (χ2v) is 4.86. The first-order chi connectivity index (χ1) is 9.70. The Morgan fingerprint density at radius 2 is 2.15 bits per heavy atom. The molecule has 2 amide bonds. The summed E-state index contributed by atoms with van der Waals surface area (Å²) in [7, 11) is 1.60. The van der Waals surface area contributed by atoms with Crippen LogP contribution in [0.4, 0.5) is 0 Å². The molecule has 1 N–H and O–H groups in total. The monoisotopic (exact) mass is 276 g/mol. The van der Waals surface area contributed by atoms with E-state index in [0.29, 0.717) is 19.5 Å². The van der Waals surface area contributed by atoms with Crippen LogP contribution < -0.4 is 10.1 Å². The van der Waals surface area contributed by atoms with Gasteiger partial charge >= 0.3 is 0 Å². The van der Waals surface area contributed by atoms with Gasteiger partial charge in [0.15, 0.2) is 0 Å². The zero-order valence-electron chi connectivity index (χ0n) is 11.7. The van der Waals surface area contributed by atoms with E-state index in [2.05, 4.69) is 5.32 Å². The van der Waals surface area contributed by atoms with Crippen molar-refractivity contribution in [3.8, 4) is 5.75 Å². The molecule has 0 spiro atoms. The molecule has 0 unspecified atom stereocenters. The predicted molar refractivity (Wildman–Crippen MR) is 75.3 cm³/mol. The van der Waals surface area contributed by atoms with Crippen LogP contribution in [0.2, 0.25) is 0 Å². The number of hydrogen-bond donors (Lipinski definition) is 1. The molecule has 1 aliphatic heterocycles. The van der Waals surface area contributed by atoms with Crippen LogP contribution in [0.25, 0.3) is 0 Å². The van der Waals surface area contributed by atoms with E-state index in [-0.39, 0.29) is 18.4 Å². The smallest absolute Gasteiger partial charge is 0.239 e. The van der Waals surface area contributed by atoms with Crippen LogP contribution in [-0.2, 0) is 16.1 Å². The van der Waals surface area contributed by atoms with Gasteiger partial charge in [-0.15, -0.1) is 0 Å². The Labute approximate surface area is 118 Å². The summed E-state index contributed by atoms with van der Waals surface area (Å²) in [6.45, 7) is 1.24. The maximum absolute atomic E-state index is 11.9. The average Bonchev–Trinajstić information content (AvgIpc) is 2.48. The van der Waals surface area contributed by atoms with E-state index in [0.717, 1.165) is 24.2 Å². The molecule has 108 valence electrons. The van der Waals surface area contributed by atoms with Gasteiger partial charge in [0.1, 0.15) is 5.75 Å². The Morgan fingerprint density at radius 3 is 2.90 bits per heavy atom. The summed E-state index contributed by atoms with van der Waals surface area (Å²) in [4.78, 5) is 25.1. The van der Waals surface area contributed by atoms with Crippen molar-refractivity contribution in [2.75, 3.05) is 20.2 Å². The van der Waals surface area contributed by atoms with E-state index in [1.807, 2.05) is 24.3 Å². The van der Waals surface area contributed by atoms with Crippen LogP contribution in [-0.4, -0.2) is 36.9 Å². The standard InChI is InChI=1S/C15H20N2O3/c1-20-13-7-3-2-6-12(13)10-16-14(18)11-17-9-5-4-8-15(17)19/h2-3,6-7H,4-5,8-11H2,1H3,(H,16,18). The third-order valence-electron chi connectivity index (χ3n) is 3.42. The van der Waals surface area contributed by atoms with Gasteiger partial charge in [0.2, 0.25) is 11.8 Å². The van der Waals surface area contributed by atoms with Crippen LogP contribution in [0, 0.1) is 0 Å². The van der Waals surface area contributed by atoms with Crippen molar-refractivity contribution < 1.29 is 14.3 Å². The first-order valence-electron chi connectivity index (χ1n) is 6.87. The Bertz CT molecular complexity index is 488. The third kappa shape index (κ3) is 3.73. The minimum absolute atomic E-state index is 0.0729. The molecular weight excluding hydrogens is 256 g/mol. The van der Waals surface area contributed by atoms with Crippen molar-refractivity contribution in [2.24, 2.45) is 0 Å². The fourth-order valence-electron chi connectivity index (χ4n) is 2.30. The largest absolute Gasteiger partial charge is 0.496 e. The summed E-state index contributed by atoms with van der Waals surface area (Å²) in [5.41, 5.74) is 0.924. The molecule has 0 aromatic heterocycles. The second kappa shape index (κ2) is 6.93. The fourth-order valence-corrected chi connectivity index (χ4v) is 2.30. The van der Waals surface area contributed by atoms with Gasteiger partial charge in [-0.25, -0.2) is 0 Å². The number of methoxy groups -OCH3 is 1. The van der Waals surface area contributed by atoms with Crippen LogP contribution in [0.3, 0.4) is 0 Å². The van der Waals surface area contributed by atoms with Crippen LogP contribution in [0.1, 0.15) is 24.8 Å². The van der Waals surface area contributed by atoms with E-state index in [1.165, 1.54) is 0 Å². The molecule has 5 heteroatoms. The van der Waals surface area contributed by atoms with E-state index >= 15 is 0 Å². The molecule has 0 saturated carbocycles. The minimum Gasteiger partial charge on any atom is -0.496 e. The molecule has 1 aromatic rings. The van der Waals surface area contributed by atoms with Crippen molar-refractivity contribution in [3.63, 3.8) is 0 Å². The lowest BCUT2D eigenvalue weighted by atomic mass is 10.1. The van der Waals surface area contributed by atoms with Gasteiger partial charge in [0.05, 0.1) is 13.7 Å². The van der Waals surface area contributed by atoms with Crippen LogP contribution >= 0.6 is 0 Å². The summed E-state index contributed by atoms with van der Waals surface area (Å²) in [6.07, 6.45) is 2.46. The second-order valence-electron chi connectivity index (χ2n) is 4.86. The Morgan fingerprint density at radius 1 is 1.35 bits per heavy atom. The van der Waals surface area contributed by atoms with Crippen molar-refractivity contribution in [3.05, 3.63) is 29.8 Å². The summed E-state index contributed by atoms with van der Waals surface area (Å²) in [6, 6.07) is 7.55. The van der Waals surface area contributed by atoms with Crippen molar-refractivity contribution in [1.29, 1.82) is 0 Å². The number of carbonyl (C=O) groups excluding carboxylic acids is 2. The number of carbonyl (C=O) groups is 2. The highest BCUT2D eigenvalue weighted by Gasteiger charge is 2.20. The zero-order valence-corrected chi connectivity index (χ0v) is 11.7. The van der Waals surface area contributed by atoms with E-state index in [4.69, 9.17) is 4.74 Å². The maximum Gasteiger partial charge on any atom is 0.239 e. The Kier molecular flexibility index (Phi) is 4.98. The summed E-state index contributed by atoms with van der Waals surface area (Å²) < 4.78 is 5.23. The molecule has 1 fully saturated rings. The molecule has 1 heterocycles. The normalized spacial score (nSPS) is 15.1. The molecule has 2 rings (SSSR count). The SMILES string of the molecule is COc1ccccc1CNC(=O)CN1CCCCC1=O. The molecule has 0 bridgehead atoms. The Hall–Kier alpha value is -2.04. The average molecular weight is 276 g/mol. The van der Waals surface area contributed by atoms with E-state index in [9.17, 15) is 9.59 Å². The quantitative estimate of drug-likeness (QED) is 0.882. The first kappa shape index (κ1) is 14.4. The molecule has 1 aliphatic rings. The maximum atomic E-state index is 11.9. The van der Waals surface area contributed by atoms with Crippen LogP contribution in [0.5, 0.6) is 5.75 Å². The summed E-state index contributed by atoms with van der Waals surface area (Å²) in [5.74, 6) is 0.691. The molecule has 0 atom stereocenters. The number of rotatable bonds is 5. The Balaban J connectivity index is 1.84. The molecule has 1 aromatic carbocycles. The lowest BCUT2D eigenvalue weighted by Gasteiger charge is -2.26. The molecular formula is C15H20N2O3. The molecule has 0 radical (unpaired) electrons. The van der Waals surface area contributed by atoms with Crippen molar-refractivity contribution in [2.45, 2.75) is 25.8 Å². The number of likely N-dealkylation sites (tertiary alicyclic amines) is 1. The van der Waals surface area contributed by atoms with Gasteiger partial charge < -0.3 is 15.0 Å². The minimum atomic E-state index is -0.133. The summed E-state index contributed by atoms with van der Waals surface area (Å²) in [5, 5.41) is 2.83. The van der Waals surface area contributed by atoms with E-state index in [1.54, 1.807) is 12.0 Å². The molecule has 20 heavy (non-hydrogen) atoms. The highest BCUT2D eigenvalue weighted by atomic mass is 16.5. The number of hydrogen-bond acceptors (Lipinski definition) is 3. The lowest BCUT2D eigenvalue weighted by molar-refractivity contribution is -0.137. The van der Waals surface area contributed by atoms with Gasteiger partial charge in [0.25, 0.3) is 0 Å².